The van der Waals surface area contributed by atoms with Crippen LogP contribution in [0.5, 0.6) is 0 Å². The molecule has 0 aliphatic carbocycles. The first-order valence-electron chi connectivity index (χ1n) is 4.16. The molecule has 2 aromatic rings. The Morgan fingerprint density at radius 1 is 1.36 bits per heavy atom. The van der Waals surface area contributed by atoms with Crippen LogP contribution in [-0.2, 0) is 7.05 Å². The van der Waals surface area contributed by atoms with Crippen LogP contribution < -0.4 is 0 Å². The number of hydrogen-bond acceptors (Lipinski definition) is 3. The minimum absolute atomic E-state index is 0.746. The number of halogens is 1. The molecule has 2 rings (SSSR count). The highest BCUT2D eigenvalue weighted by atomic mass is 79.9. The second-order valence-electron chi connectivity index (χ2n) is 2.96. The Hall–Kier alpha value is -1.23. The quantitative estimate of drug-likeness (QED) is 0.729. The zero-order valence-corrected chi connectivity index (χ0v) is 9.48. The summed E-state index contributed by atoms with van der Waals surface area (Å²) >= 11 is 3.34. The van der Waals surface area contributed by atoms with Crippen LogP contribution in [-0.4, -0.2) is 19.7 Å². The Kier molecular flexibility index (Phi) is 2.33. The lowest BCUT2D eigenvalue weighted by molar-refractivity contribution is 0.772. The molecule has 0 radical (unpaired) electrons. The summed E-state index contributed by atoms with van der Waals surface area (Å²) in [6.45, 7) is 1.87. The molecular formula is C9H9BrN4. The van der Waals surface area contributed by atoms with Crippen molar-refractivity contribution in [3.63, 3.8) is 0 Å². The van der Waals surface area contributed by atoms with E-state index in [9.17, 15) is 0 Å². The van der Waals surface area contributed by atoms with Crippen molar-refractivity contribution in [3.05, 3.63) is 28.8 Å². The van der Waals surface area contributed by atoms with Gasteiger partial charge in [-0.3, -0.25) is 4.68 Å². The average Bonchev–Trinajstić information content (AvgIpc) is 2.49. The summed E-state index contributed by atoms with van der Waals surface area (Å²) in [4.78, 5) is 8.49. The molecule has 0 bridgehead atoms. The fraction of sp³-hybridized carbons (Fsp3) is 0.222. The molecule has 0 aromatic carbocycles. The number of aryl methyl sites for hydroxylation is 2. The van der Waals surface area contributed by atoms with Gasteiger partial charge < -0.3 is 0 Å². The summed E-state index contributed by atoms with van der Waals surface area (Å²) in [5.74, 6) is 0.746. The van der Waals surface area contributed by atoms with Crippen molar-refractivity contribution >= 4 is 15.9 Å². The van der Waals surface area contributed by atoms with Crippen molar-refractivity contribution < 1.29 is 0 Å². The first-order chi connectivity index (χ1) is 6.66. The van der Waals surface area contributed by atoms with Gasteiger partial charge in [0.15, 0.2) is 0 Å². The van der Waals surface area contributed by atoms with Gasteiger partial charge in [0, 0.05) is 13.2 Å². The summed E-state index contributed by atoms with van der Waals surface area (Å²) < 4.78 is 2.58. The van der Waals surface area contributed by atoms with E-state index in [-0.39, 0.29) is 0 Å². The molecule has 0 saturated heterocycles. The van der Waals surface area contributed by atoms with Gasteiger partial charge in [0.25, 0.3) is 0 Å². The van der Waals surface area contributed by atoms with Gasteiger partial charge in [-0.2, -0.15) is 5.10 Å². The van der Waals surface area contributed by atoms with Gasteiger partial charge in [0.1, 0.15) is 10.4 Å². The minimum Gasteiger partial charge on any atom is -0.266 e. The Morgan fingerprint density at radius 3 is 2.71 bits per heavy atom. The van der Waals surface area contributed by atoms with E-state index >= 15 is 0 Å². The van der Waals surface area contributed by atoms with Crippen LogP contribution in [0, 0.1) is 6.92 Å². The molecule has 0 atom stereocenters. The van der Waals surface area contributed by atoms with Crippen LogP contribution >= 0.6 is 15.9 Å². The first-order valence-corrected chi connectivity index (χ1v) is 4.95. The molecule has 0 N–H and O–H groups in total. The largest absolute Gasteiger partial charge is 0.266 e. The molecule has 4 nitrogen and oxygen atoms in total. The molecule has 0 saturated carbocycles. The van der Waals surface area contributed by atoms with E-state index in [0.29, 0.717) is 0 Å². The molecule has 0 amide bonds. The smallest absolute Gasteiger partial charge is 0.127 e. The van der Waals surface area contributed by atoms with Gasteiger partial charge >= 0.3 is 0 Å². The maximum atomic E-state index is 4.34. The lowest BCUT2D eigenvalue weighted by Gasteiger charge is -2.02. The fourth-order valence-corrected chi connectivity index (χ4v) is 1.76. The predicted octanol–water partition coefficient (Wildman–Crippen LogP) is 1.95. The van der Waals surface area contributed by atoms with Gasteiger partial charge in [-0.1, -0.05) is 0 Å². The van der Waals surface area contributed by atoms with Crippen LogP contribution in [0.15, 0.2) is 22.9 Å². The zero-order valence-electron chi connectivity index (χ0n) is 7.90. The lowest BCUT2D eigenvalue weighted by atomic mass is 10.3. The second-order valence-corrected chi connectivity index (χ2v) is 3.78. The predicted molar refractivity (Wildman–Crippen MR) is 56.7 cm³/mol. The average molecular weight is 253 g/mol. The van der Waals surface area contributed by atoms with E-state index in [1.165, 1.54) is 0 Å². The van der Waals surface area contributed by atoms with Gasteiger partial charge in [-0.25, -0.2) is 9.97 Å². The van der Waals surface area contributed by atoms with Crippen LogP contribution in [0.2, 0.25) is 0 Å². The van der Waals surface area contributed by atoms with Crippen molar-refractivity contribution in [1.29, 1.82) is 0 Å². The summed E-state index contributed by atoms with van der Waals surface area (Å²) in [6.07, 6.45) is 1.75. The molecule has 0 aliphatic rings. The monoisotopic (exact) mass is 252 g/mol. The van der Waals surface area contributed by atoms with Crippen LogP contribution in [0.25, 0.3) is 11.4 Å². The molecule has 2 aromatic heterocycles. The number of hydrogen-bond donors (Lipinski definition) is 0. The third kappa shape index (κ3) is 1.68. The molecule has 0 spiro atoms. The molecule has 5 heteroatoms. The van der Waals surface area contributed by atoms with Crippen molar-refractivity contribution in [2.45, 2.75) is 6.92 Å². The molecule has 72 valence electrons. The summed E-state index contributed by atoms with van der Waals surface area (Å²) in [6, 6.07) is 3.80. The van der Waals surface area contributed by atoms with Gasteiger partial charge in [0.2, 0.25) is 0 Å². The van der Waals surface area contributed by atoms with Gasteiger partial charge in [-0.05, 0) is 35.0 Å². The van der Waals surface area contributed by atoms with Gasteiger partial charge in [0.05, 0.1) is 11.4 Å². The third-order valence-electron chi connectivity index (χ3n) is 1.89. The van der Waals surface area contributed by atoms with E-state index in [1.807, 2.05) is 26.1 Å². The highest BCUT2D eigenvalue weighted by Gasteiger charge is 2.05. The first kappa shape index (κ1) is 9.33. The van der Waals surface area contributed by atoms with Crippen LogP contribution in [0.3, 0.4) is 0 Å². The second kappa shape index (κ2) is 3.49. The molecule has 0 fully saturated rings. The third-order valence-corrected chi connectivity index (χ3v) is 2.30. The molecule has 2 heterocycles. The highest BCUT2D eigenvalue weighted by molar-refractivity contribution is 9.10. The minimum atomic E-state index is 0.746. The number of nitrogens with zero attached hydrogens (tertiary/aromatic N) is 4. The molecule has 14 heavy (non-hydrogen) atoms. The Bertz CT molecular complexity index is 443. The van der Waals surface area contributed by atoms with Crippen LogP contribution in [0.4, 0.5) is 0 Å². The SMILES string of the molecule is Cc1nc(Br)cc(-c2ccnn2C)n1. The van der Waals surface area contributed by atoms with Crippen molar-refractivity contribution in [2.75, 3.05) is 0 Å². The number of aromatic nitrogens is 4. The van der Waals surface area contributed by atoms with Gasteiger partial charge in [-0.15, -0.1) is 0 Å². The van der Waals surface area contributed by atoms with Crippen LogP contribution in [0.1, 0.15) is 5.82 Å². The Labute approximate surface area is 90.1 Å². The van der Waals surface area contributed by atoms with Crippen molar-refractivity contribution in [1.82, 2.24) is 19.7 Å². The van der Waals surface area contributed by atoms with E-state index in [4.69, 9.17) is 0 Å². The van der Waals surface area contributed by atoms with E-state index < -0.39 is 0 Å². The summed E-state index contributed by atoms with van der Waals surface area (Å²) in [7, 11) is 1.89. The van der Waals surface area contributed by atoms with E-state index in [0.717, 1.165) is 21.8 Å². The van der Waals surface area contributed by atoms with Crippen molar-refractivity contribution in [2.24, 2.45) is 7.05 Å². The highest BCUT2D eigenvalue weighted by Crippen LogP contribution is 2.18. The number of rotatable bonds is 1. The van der Waals surface area contributed by atoms with E-state index in [2.05, 4.69) is 31.0 Å². The topological polar surface area (TPSA) is 43.6 Å². The maximum absolute atomic E-state index is 4.34. The normalized spacial score (nSPS) is 10.5. The van der Waals surface area contributed by atoms with E-state index in [1.54, 1.807) is 10.9 Å². The Morgan fingerprint density at radius 2 is 2.14 bits per heavy atom. The summed E-state index contributed by atoms with van der Waals surface area (Å²) in [5.41, 5.74) is 1.86. The van der Waals surface area contributed by atoms with Crippen molar-refractivity contribution in [3.8, 4) is 11.4 Å². The fourth-order valence-electron chi connectivity index (χ4n) is 1.29. The maximum Gasteiger partial charge on any atom is 0.127 e. The lowest BCUT2D eigenvalue weighted by Crippen LogP contribution is -1.97. The standard InChI is InChI=1S/C9H9BrN4/c1-6-12-7(5-9(10)13-6)8-3-4-11-14(8)2/h3-5H,1-2H3. The molecule has 0 unspecified atom stereocenters. The molecular weight excluding hydrogens is 244 g/mol. The zero-order chi connectivity index (χ0) is 10.1. The summed E-state index contributed by atoms with van der Waals surface area (Å²) in [5, 5.41) is 4.09. The Balaban J connectivity index is 2.57. The molecule has 0 aliphatic heterocycles.